The second kappa shape index (κ2) is 7.29. The van der Waals surface area contributed by atoms with Gasteiger partial charge in [0.15, 0.2) is 0 Å². The Bertz CT molecular complexity index is 1410. The van der Waals surface area contributed by atoms with Crippen molar-refractivity contribution >= 4 is 17.1 Å². The van der Waals surface area contributed by atoms with E-state index in [9.17, 15) is 14.0 Å². The topological polar surface area (TPSA) is 91.5 Å². The molecule has 2 aliphatic rings. The molecule has 2 unspecified atom stereocenters. The Morgan fingerprint density at radius 3 is 2.58 bits per heavy atom. The van der Waals surface area contributed by atoms with Gasteiger partial charge in [0.05, 0.1) is 17.5 Å². The number of carbonyl (C=O) groups excluding carboxylic acids is 1. The highest BCUT2D eigenvalue weighted by molar-refractivity contribution is 5.96. The second-order valence-corrected chi connectivity index (χ2v) is 8.65. The van der Waals surface area contributed by atoms with Crippen LogP contribution in [0.15, 0.2) is 53.6 Å². The SMILES string of the molecule is Cc1c(C(=O)N2C3CCC2CN(c2ccc(F)cc2)C3)cnn1-c1nn2cccc2c(=O)[nH]1. The van der Waals surface area contributed by atoms with Crippen molar-refractivity contribution < 1.29 is 9.18 Å². The molecule has 0 aliphatic carbocycles. The summed E-state index contributed by atoms with van der Waals surface area (Å²) in [6, 6.07) is 10.1. The molecule has 0 spiro atoms. The highest BCUT2D eigenvalue weighted by Crippen LogP contribution is 2.34. The van der Waals surface area contributed by atoms with Gasteiger partial charge in [0, 0.05) is 37.1 Å². The minimum atomic E-state index is -0.275. The van der Waals surface area contributed by atoms with Crippen LogP contribution in [0.5, 0.6) is 0 Å². The third-order valence-corrected chi connectivity index (χ3v) is 6.74. The van der Waals surface area contributed by atoms with Gasteiger partial charge in [-0.1, -0.05) is 0 Å². The van der Waals surface area contributed by atoms with E-state index >= 15 is 0 Å². The first-order valence-corrected chi connectivity index (χ1v) is 11.0. The lowest BCUT2D eigenvalue weighted by Crippen LogP contribution is -2.56. The van der Waals surface area contributed by atoms with Crippen molar-refractivity contribution in [2.45, 2.75) is 31.8 Å². The number of anilines is 1. The van der Waals surface area contributed by atoms with E-state index in [0.29, 0.717) is 29.9 Å². The first-order chi connectivity index (χ1) is 16.0. The molecule has 0 radical (unpaired) electrons. The molecule has 2 atom stereocenters. The molecule has 2 aliphatic heterocycles. The van der Waals surface area contributed by atoms with Gasteiger partial charge in [-0.05, 0) is 56.2 Å². The molecule has 1 N–H and O–H groups in total. The average Bonchev–Trinajstić information content (AvgIpc) is 3.50. The summed E-state index contributed by atoms with van der Waals surface area (Å²) < 4.78 is 16.3. The molecule has 0 saturated carbocycles. The number of hydrogen-bond donors (Lipinski definition) is 1. The smallest absolute Gasteiger partial charge is 0.276 e. The quantitative estimate of drug-likeness (QED) is 0.520. The first-order valence-electron chi connectivity index (χ1n) is 11.0. The third kappa shape index (κ3) is 3.12. The molecule has 3 aromatic heterocycles. The average molecular weight is 447 g/mol. The lowest BCUT2D eigenvalue weighted by Gasteiger charge is -2.42. The number of halogens is 1. The molecule has 4 aromatic rings. The number of piperazine rings is 1. The van der Waals surface area contributed by atoms with Crippen molar-refractivity contribution in [3.8, 4) is 5.95 Å². The maximum absolute atomic E-state index is 13.6. The molecule has 6 rings (SSSR count). The van der Waals surface area contributed by atoms with E-state index in [1.54, 1.807) is 43.6 Å². The lowest BCUT2D eigenvalue weighted by molar-refractivity contribution is 0.0641. The molecular weight excluding hydrogens is 425 g/mol. The third-order valence-electron chi connectivity index (χ3n) is 6.74. The van der Waals surface area contributed by atoms with Crippen LogP contribution < -0.4 is 10.5 Å². The molecule has 1 aromatic carbocycles. The Hall–Kier alpha value is -3.95. The minimum absolute atomic E-state index is 0.0607. The largest absolute Gasteiger partial charge is 0.367 e. The van der Waals surface area contributed by atoms with E-state index in [1.165, 1.54) is 21.3 Å². The van der Waals surface area contributed by atoms with Gasteiger partial charge in [-0.15, -0.1) is 5.10 Å². The van der Waals surface area contributed by atoms with Crippen molar-refractivity contribution in [3.63, 3.8) is 0 Å². The van der Waals surface area contributed by atoms with Crippen LogP contribution in [0.3, 0.4) is 0 Å². The van der Waals surface area contributed by atoms with E-state index in [-0.39, 0.29) is 35.3 Å². The van der Waals surface area contributed by atoms with Crippen LogP contribution in [0.25, 0.3) is 11.5 Å². The number of carbonyl (C=O) groups is 1. The van der Waals surface area contributed by atoms with Crippen LogP contribution in [0.1, 0.15) is 28.9 Å². The number of fused-ring (bicyclic) bond motifs is 3. The number of nitrogens with one attached hydrogen (secondary N) is 1. The van der Waals surface area contributed by atoms with Crippen molar-refractivity contribution in [2.24, 2.45) is 0 Å². The van der Waals surface area contributed by atoms with E-state index in [4.69, 9.17) is 0 Å². The van der Waals surface area contributed by atoms with Gasteiger partial charge in [0.2, 0.25) is 5.95 Å². The molecule has 2 saturated heterocycles. The van der Waals surface area contributed by atoms with Crippen molar-refractivity contribution in [1.29, 1.82) is 0 Å². The highest BCUT2D eigenvalue weighted by atomic mass is 19.1. The maximum atomic E-state index is 13.6. The molecular formula is C23H22FN7O2. The summed E-state index contributed by atoms with van der Waals surface area (Å²) in [6.45, 7) is 3.22. The molecule has 5 heterocycles. The Labute approximate surface area is 188 Å². The van der Waals surface area contributed by atoms with E-state index in [2.05, 4.69) is 20.1 Å². The zero-order chi connectivity index (χ0) is 22.7. The second-order valence-electron chi connectivity index (χ2n) is 8.65. The summed E-state index contributed by atoms with van der Waals surface area (Å²) in [5.41, 5.74) is 2.26. The molecule has 2 bridgehead atoms. The number of rotatable bonds is 3. The van der Waals surface area contributed by atoms with Crippen molar-refractivity contribution in [3.05, 3.63) is 76.2 Å². The molecule has 10 heteroatoms. The predicted molar refractivity (Wildman–Crippen MR) is 119 cm³/mol. The van der Waals surface area contributed by atoms with Gasteiger partial charge >= 0.3 is 0 Å². The number of nitrogens with zero attached hydrogens (tertiary/aromatic N) is 6. The molecule has 9 nitrogen and oxygen atoms in total. The Morgan fingerprint density at radius 2 is 1.85 bits per heavy atom. The number of amides is 1. The monoisotopic (exact) mass is 447 g/mol. The van der Waals surface area contributed by atoms with Crippen molar-refractivity contribution in [2.75, 3.05) is 18.0 Å². The van der Waals surface area contributed by atoms with Gasteiger partial charge in [0.25, 0.3) is 11.5 Å². The number of aromatic amines is 1. The standard InChI is InChI=1S/C23H22FN7O2/c1-14-19(11-25-31(14)23-26-21(32)20-3-2-10-29(20)27-23)22(33)30-17-8-9-18(30)13-28(12-17)16-6-4-15(24)5-7-16/h2-7,10-11,17-18H,8-9,12-13H2,1H3,(H,26,27,32). The number of H-pyrrole nitrogens is 1. The maximum Gasteiger partial charge on any atom is 0.276 e. The first kappa shape index (κ1) is 19.7. The van der Waals surface area contributed by atoms with Crippen molar-refractivity contribution in [1.82, 2.24) is 29.3 Å². The fourth-order valence-electron chi connectivity index (χ4n) is 5.10. The Morgan fingerprint density at radius 1 is 1.12 bits per heavy atom. The van der Waals surface area contributed by atoms with Gasteiger partial charge in [-0.2, -0.15) is 5.10 Å². The van der Waals surface area contributed by atoms with E-state index in [1.807, 2.05) is 4.90 Å². The lowest BCUT2D eigenvalue weighted by atomic mass is 10.1. The van der Waals surface area contributed by atoms with E-state index in [0.717, 1.165) is 18.5 Å². The molecule has 33 heavy (non-hydrogen) atoms. The number of benzene rings is 1. The van der Waals surface area contributed by atoms with Crippen LogP contribution in [0.4, 0.5) is 10.1 Å². The molecule has 168 valence electrons. The zero-order valence-corrected chi connectivity index (χ0v) is 18.0. The molecule has 1 amide bonds. The van der Waals surface area contributed by atoms with Crippen LogP contribution >= 0.6 is 0 Å². The fraction of sp³-hybridized carbons (Fsp3) is 0.304. The summed E-state index contributed by atoms with van der Waals surface area (Å²) in [7, 11) is 0. The van der Waals surface area contributed by atoms with Gasteiger partial charge in [-0.25, -0.2) is 13.6 Å². The normalized spacial score (nSPS) is 20.1. The summed E-state index contributed by atoms with van der Waals surface area (Å²) in [5.74, 6) is -0.0615. The number of hydrogen-bond acceptors (Lipinski definition) is 5. The van der Waals surface area contributed by atoms with Crippen LogP contribution in [0.2, 0.25) is 0 Å². The highest BCUT2D eigenvalue weighted by Gasteiger charge is 2.43. The van der Waals surface area contributed by atoms with Crippen LogP contribution in [-0.2, 0) is 0 Å². The number of aromatic nitrogens is 5. The summed E-state index contributed by atoms with van der Waals surface area (Å²) in [6.07, 6.45) is 5.10. The summed E-state index contributed by atoms with van der Waals surface area (Å²) in [4.78, 5) is 32.8. The van der Waals surface area contributed by atoms with Crippen LogP contribution in [0, 0.1) is 12.7 Å². The minimum Gasteiger partial charge on any atom is -0.367 e. The van der Waals surface area contributed by atoms with Gasteiger partial charge in [0.1, 0.15) is 11.3 Å². The predicted octanol–water partition coefficient (Wildman–Crippen LogP) is 2.15. The van der Waals surface area contributed by atoms with Gasteiger partial charge < -0.3 is 9.80 Å². The van der Waals surface area contributed by atoms with Crippen LogP contribution in [-0.4, -0.2) is 60.4 Å². The van der Waals surface area contributed by atoms with E-state index < -0.39 is 0 Å². The fourth-order valence-corrected chi connectivity index (χ4v) is 5.10. The van der Waals surface area contributed by atoms with Gasteiger partial charge in [-0.3, -0.25) is 14.6 Å². The Kier molecular flexibility index (Phi) is 4.36. The molecule has 2 fully saturated rings. The summed E-state index contributed by atoms with van der Waals surface area (Å²) in [5, 5.41) is 8.76. The zero-order valence-electron chi connectivity index (χ0n) is 18.0. The summed E-state index contributed by atoms with van der Waals surface area (Å²) >= 11 is 0. The Balaban J connectivity index is 1.28.